The Balaban J connectivity index is 2.05. The van der Waals surface area contributed by atoms with Crippen molar-refractivity contribution >= 4 is 16.7 Å². The van der Waals surface area contributed by atoms with Crippen LogP contribution in [0.25, 0.3) is 10.8 Å². The first-order chi connectivity index (χ1) is 10.3. The lowest BCUT2D eigenvalue weighted by atomic mass is 10.1. The largest absolute Gasteiger partial charge is 0.493 e. The average molecular weight is 278 g/mol. The average Bonchev–Trinajstić information content (AvgIpc) is 2.56. The number of hydrogen-bond acceptors (Lipinski definition) is 3. The number of hydrogen-bond donors (Lipinski definition) is 0. The molecule has 0 radical (unpaired) electrons. The van der Waals surface area contributed by atoms with Gasteiger partial charge in [-0.15, -0.1) is 0 Å². The minimum absolute atomic E-state index is 0.398. The van der Waals surface area contributed by atoms with Gasteiger partial charge in [0.15, 0.2) is 11.5 Å². The molecule has 3 aromatic carbocycles. The minimum Gasteiger partial charge on any atom is -0.493 e. The fourth-order valence-electron chi connectivity index (χ4n) is 2.21. The van der Waals surface area contributed by atoms with Crippen molar-refractivity contribution in [3.05, 3.63) is 72.3 Å². The molecular weight excluding hydrogens is 264 g/mol. The maximum absolute atomic E-state index is 12.2. The molecule has 0 aromatic heterocycles. The van der Waals surface area contributed by atoms with Gasteiger partial charge in [-0.3, -0.25) is 0 Å². The van der Waals surface area contributed by atoms with E-state index in [1.807, 2.05) is 36.4 Å². The molecule has 0 saturated heterocycles. The van der Waals surface area contributed by atoms with Crippen LogP contribution in [-0.2, 0) is 0 Å². The number of rotatable bonds is 3. The second-order valence-electron chi connectivity index (χ2n) is 4.57. The number of ether oxygens (including phenoxy) is 2. The molecule has 3 rings (SSSR count). The van der Waals surface area contributed by atoms with Crippen molar-refractivity contribution in [3.63, 3.8) is 0 Å². The summed E-state index contributed by atoms with van der Waals surface area (Å²) in [6, 6.07) is 20.4. The first-order valence-electron chi connectivity index (χ1n) is 6.62. The first kappa shape index (κ1) is 13.2. The lowest BCUT2D eigenvalue weighted by Crippen LogP contribution is -2.09. The Kier molecular flexibility index (Phi) is 3.56. The van der Waals surface area contributed by atoms with E-state index in [1.54, 1.807) is 37.4 Å². The van der Waals surface area contributed by atoms with Gasteiger partial charge in [0.05, 0.1) is 12.7 Å². The van der Waals surface area contributed by atoms with Crippen LogP contribution in [0, 0.1) is 0 Å². The number of benzene rings is 3. The number of carbonyl (C=O) groups is 1. The van der Waals surface area contributed by atoms with E-state index in [0.29, 0.717) is 17.1 Å². The molecule has 0 unspecified atom stereocenters. The van der Waals surface area contributed by atoms with Gasteiger partial charge in [0.1, 0.15) is 0 Å². The van der Waals surface area contributed by atoms with Gasteiger partial charge in [0, 0.05) is 5.39 Å². The maximum Gasteiger partial charge on any atom is 0.343 e. The van der Waals surface area contributed by atoms with Gasteiger partial charge in [-0.05, 0) is 23.6 Å². The van der Waals surface area contributed by atoms with Crippen molar-refractivity contribution in [2.45, 2.75) is 0 Å². The lowest BCUT2D eigenvalue weighted by Gasteiger charge is -2.12. The highest BCUT2D eigenvalue weighted by Crippen LogP contribution is 2.35. The third-order valence-electron chi connectivity index (χ3n) is 3.27. The van der Waals surface area contributed by atoms with Crippen molar-refractivity contribution in [3.8, 4) is 11.5 Å². The second-order valence-corrected chi connectivity index (χ2v) is 4.57. The number of carbonyl (C=O) groups excluding carboxylic acids is 1. The highest BCUT2D eigenvalue weighted by molar-refractivity contribution is 5.97. The summed E-state index contributed by atoms with van der Waals surface area (Å²) in [6.45, 7) is 0. The van der Waals surface area contributed by atoms with Crippen molar-refractivity contribution in [1.82, 2.24) is 0 Å². The first-order valence-corrected chi connectivity index (χ1v) is 6.62. The van der Waals surface area contributed by atoms with Gasteiger partial charge in [-0.2, -0.15) is 0 Å². The van der Waals surface area contributed by atoms with E-state index in [2.05, 4.69) is 0 Å². The van der Waals surface area contributed by atoms with E-state index < -0.39 is 5.97 Å². The summed E-state index contributed by atoms with van der Waals surface area (Å²) >= 11 is 0. The lowest BCUT2D eigenvalue weighted by molar-refractivity contribution is 0.0732. The van der Waals surface area contributed by atoms with Crippen LogP contribution in [0.3, 0.4) is 0 Å². The predicted molar refractivity (Wildman–Crippen MR) is 81.9 cm³/mol. The molecule has 0 aliphatic rings. The van der Waals surface area contributed by atoms with Crippen LogP contribution in [-0.4, -0.2) is 13.1 Å². The van der Waals surface area contributed by atoms with Crippen LogP contribution in [0.4, 0.5) is 0 Å². The second kappa shape index (κ2) is 5.67. The third kappa shape index (κ3) is 2.58. The molecule has 3 nitrogen and oxygen atoms in total. The molecule has 0 N–H and O–H groups in total. The molecule has 0 amide bonds. The van der Waals surface area contributed by atoms with Gasteiger partial charge in [0.25, 0.3) is 0 Å². The Labute approximate surface area is 122 Å². The van der Waals surface area contributed by atoms with Gasteiger partial charge >= 0.3 is 5.97 Å². The van der Waals surface area contributed by atoms with Gasteiger partial charge in [-0.1, -0.05) is 48.5 Å². The van der Waals surface area contributed by atoms with Crippen LogP contribution in [0.15, 0.2) is 66.7 Å². The van der Waals surface area contributed by atoms with Crippen LogP contribution >= 0.6 is 0 Å². The molecular formula is C18H14O3. The van der Waals surface area contributed by atoms with E-state index in [1.165, 1.54) is 0 Å². The molecule has 0 atom stereocenters. The molecule has 104 valence electrons. The zero-order chi connectivity index (χ0) is 14.7. The van der Waals surface area contributed by atoms with Crippen LogP contribution < -0.4 is 9.47 Å². The monoisotopic (exact) mass is 278 g/mol. The topological polar surface area (TPSA) is 35.5 Å². The third-order valence-corrected chi connectivity index (χ3v) is 3.27. The quantitative estimate of drug-likeness (QED) is 0.535. The van der Waals surface area contributed by atoms with Crippen molar-refractivity contribution in [1.29, 1.82) is 0 Å². The fraction of sp³-hybridized carbons (Fsp3) is 0.0556. The SMILES string of the molecule is COc1ccc2ccccc2c1OC(=O)c1ccccc1. The minimum atomic E-state index is -0.398. The maximum atomic E-state index is 12.2. The van der Waals surface area contributed by atoms with E-state index >= 15 is 0 Å². The highest BCUT2D eigenvalue weighted by atomic mass is 16.6. The number of fused-ring (bicyclic) bond motifs is 1. The van der Waals surface area contributed by atoms with E-state index in [0.717, 1.165) is 10.8 Å². The van der Waals surface area contributed by atoms with Crippen LogP contribution in [0.2, 0.25) is 0 Å². The zero-order valence-corrected chi connectivity index (χ0v) is 11.6. The standard InChI is InChI=1S/C18H14O3/c1-20-16-12-11-13-7-5-6-10-15(13)17(16)21-18(19)14-8-3-2-4-9-14/h2-12H,1H3. The summed E-state index contributed by atoms with van der Waals surface area (Å²) < 4.78 is 10.9. The van der Waals surface area contributed by atoms with Crippen molar-refractivity contribution in [2.75, 3.05) is 7.11 Å². The van der Waals surface area contributed by atoms with E-state index in [4.69, 9.17) is 9.47 Å². The zero-order valence-electron chi connectivity index (χ0n) is 11.6. The molecule has 0 saturated carbocycles. The van der Waals surface area contributed by atoms with Crippen LogP contribution in [0.1, 0.15) is 10.4 Å². The summed E-state index contributed by atoms with van der Waals surface area (Å²) in [5.74, 6) is 0.590. The molecule has 3 aromatic rings. The Hall–Kier alpha value is -2.81. The Morgan fingerprint density at radius 2 is 1.57 bits per heavy atom. The molecule has 0 heterocycles. The Morgan fingerprint density at radius 3 is 2.33 bits per heavy atom. The molecule has 21 heavy (non-hydrogen) atoms. The highest BCUT2D eigenvalue weighted by Gasteiger charge is 2.15. The number of methoxy groups -OCH3 is 1. The molecule has 0 fully saturated rings. The van der Waals surface area contributed by atoms with Gasteiger partial charge in [-0.25, -0.2) is 4.79 Å². The van der Waals surface area contributed by atoms with Crippen molar-refractivity contribution in [2.24, 2.45) is 0 Å². The summed E-state index contributed by atoms with van der Waals surface area (Å²) in [5.41, 5.74) is 0.507. The van der Waals surface area contributed by atoms with Crippen molar-refractivity contribution < 1.29 is 14.3 Å². The van der Waals surface area contributed by atoms with Gasteiger partial charge < -0.3 is 9.47 Å². The summed E-state index contributed by atoms with van der Waals surface area (Å²) in [6.07, 6.45) is 0. The summed E-state index contributed by atoms with van der Waals surface area (Å²) in [5, 5.41) is 1.84. The summed E-state index contributed by atoms with van der Waals surface area (Å²) in [7, 11) is 1.56. The molecule has 0 spiro atoms. The molecule has 0 bridgehead atoms. The molecule has 0 aliphatic carbocycles. The summed E-state index contributed by atoms with van der Waals surface area (Å²) in [4.78, 5) is 12.2. The smallest absolute Gasteiger partial charge is 0.343 e. The predicted octanol–water partition coefficient (Wildman–Crippen LogP) is 4.07. The van der Waals surface area contributed by atoms with Gasteiger partial charge in [0.2, 0.25) is 0 Å². The Morgan fingerprint density at radius 1 is 0.857 bits per heavy atom. The molecule has 0 aliphatic heterocycles. The number of esters is 1. The molecule has 3 heteroatoms. The van der Waals surface area contributed by atoms with E-state index in [-0.39, 0.29) is 0 Å². The normalized spacial score (nSPS) is 10.3. The Bertz CT molecular complexity index is 779. The van der Waals surface area contributed by atoms with E-state index in [9.17, 15) is 4.79 Å². The fourth-order valence-corrected chi connectivity index (χ4v) is 2.21. The van der Waals surface area contributed by atoms with Crippen LogP contribution in [0.5, 0.6) is 11.5 Å².